The van der Waals surface area contributed by atoms with E-state index in [1.807, 2.05) is 0 Å². The van der Waals surface area contributed by atoms with Crippen LogP contribution in [0.25, 0.3) is 11.3 Å². The number of sulfonamides is 1. The van der Waals surface area contributed by atoms with Crippen LogP contribution in [0.1, 0.15) is 24.5 Å². The third-order valence-corrected chi connectivity index (χ3v) is 9.20. The fraction of sp³-hybridized carbons (Fsp3) is 0.346. The van der Waals surface area contributed by atoms with Crippen LogP contribution in [0, 0.1) is 0 Å². The minimum atomic E-state index is -4.95. The number of benzene rings is 2. The smallest absolute Gasteiger partial charge is 0.480 e. The van der Waals surface area contributed by atoms with E-state index < -0.39 is 57.1 Å². The Hall–Kier alpha value is -4.27. The molecular formula is C26H26F5N7O6S2. The second kappa shape index (κ2) is 13.6. The molecule has 13 nitrogen and oxygen atoms in total. The minimum Gasteiger partial charge on any atom is -0.480 e. The normalized spacial score (nSPS) is 16.2. The maximum atomic E-state index is 13.1. The summed E-state index contributed by atoms with van der Waals surface area (Å²) in [6.45, 7) is 1.06. The van der Waals surface area contributed by atoms with Crippen LogP contribution in [0.4, 0.5) is 27.8 Å². The van der Waals surface area contributed by atoms with Crippen LogP contribution >= 0.6 is 11.7 Å². The molecule has 1 saturated heterocycles. The van der Waals surface area contributed by atoms with Crippen LogP contribution in [-0.4, -0.2) is 74.6 Å². The Morgan fingerprint density at radius 1 is 1.09 bits per heavy atom. The van der Waals surface area contributed by atoms with Gasteiger partial charge in [-0.05, 0) is 29.8 Å². The first kappa shape index (κ1) is 34.6. The summed E-state index contributed by atoms with van der Waals surface area (Å²) >= 11 is 0.823. The maximum Gasteiger partial charge on any atom is 0.573 e. The summed E-state index contributed by atoms with van der Waals surface area (Å²) in [5.74, 6) is -4.95. The zero-order chi connectivity index (χ0) is 33.9. The van der Waals surface area contributed by atoms with Crippen molar-refractivity contribution in [1.82, 2.24) is 23.0 Å². The first-order valence-corrected chi connectivity index (χ1v) is 15.5. The van der Waals surface area contributed by atoms with Crippen molar-refractivity contribution < 1.29 is 45.0 Å². The van der Waals surface area contributed by atoms with Gasteiger partial charge in [0.1, 0.15) is 11.8 Å². The molecule has 1 fully saturated rings. The Morgan fingerprint density at radius 3 is 2.30 bits per heavy atom. The number of hydrogen-bond acceptors (Lipinski definition) is 11. The van der Waals surface area contributed by atoms with E-state index in [1.54, 1.807) is 12.1 Å². The Bertz CT molecular complexity index is 1830. The molecule has 2 aromatic carbocycles. The first-order chi connectivity index (χ1) is 21.6. The highest BCUT2D eigenvalue weighted by Crippen LogP contribution is 2.31. The Morgan fingerprint density at radius 2 is 1.74 bits per heavy atom. The van der Waals surface area contributed by atoms with E-state index in [0.717, 1.165) is 41.6 Å². The molecule has 0 bridgehead atoms. The fourth-order valence-electron chi connectivity index (χ4n) is 4.35. The summed E-state index contributed by atoms with van der Waals surface area (Å²) < 4.78 is 101. The van der Waals surface area contributed by atoms with Crippen molar-refractivity contribution in [2.75, 3.05) is 24.5 Å². The molecule has 5 rings (SSSR count). The van der Waals surface area contributed by atoms with Gasteiger partial charge in [0.15, 0.2) is 11.5 Å². The SMILES string of the molecule is CCC(F)(F)c1ccc(CN)cc1.O=C(O)[C@H]1CN(c2nc3nsnc3[nH]c2=O)CCN1S(=O)(=O)c1ccc(OC(F)(F)F)cc1. The van der Waals surface area contributed by atoms with E-state index in [2.05, 4.69) is 23.5 Å². The molecular weight excluding hydrogens is 665 g/mol. The highest BCUT2D eigenvalue weighted by atomic mass is 32.2. The molecule has 1 aliphatic heterocycles. The zero-order valence-corrected chi connectivity index (χ0v) is 25.4. The fourth-order valence-corrected chi connectivity index (χ4v) is 6.37. The van der Waals surface area contributed by atoms with Gasteiger partial charge in [-0.3, -0.25) is 14.6 Å². The molecule has 0 aliphatic carbocycles. The van der Waals surface area contributed by atoms with Gasteiger partial charge in [-0.15, -0.1) is 13.2 Å². The number of carbonyl (C=O) groups is 1. The number of carboxylic acid groups (broad SMARTS) is 1. The minimum absolute atomic E-state index is 0.0622. The average molecular weight is 692 g/mol. The Balaban J connectivity index is 0.000000310. The van der Waals surface area contributed by atoms with E-state index in [0.29, 0.717) is 10.8 Å². The molecule has 2 aromatic heterocycles. The van der Waals surface area contributed by atoms with Gasteiger partial charge >= 0.3 is 12.3 Å². The van der Waals surface area contributed by atoms with Crippen molar-refractivity contribution in [3.8, 4) is 5.75 Å². The van der Waals surface area contributed by atoms with E-state index in [1.165, 1.54) is 24.0 Å². The number of anilines is 1. The third kappa shape index (κ3) is 7.92. The summed E-state index contributed by atoms with van der Waals surface area (Å²) in [5.41, 5.74) is 5.96. The molecule has 1 aliphatic rings. The summed E-state index contributed by atoms with van der Waals surface area (Å²) in [5, 5.41) is 9.66. The standard InChI is InChI=1S/C16H13F3N6O6S2.C10H13F2N/c17-16(18,19)31-8-1-3-9(4-2-8)33(29,30)25-6-5-24(7-10(25)15(27)28)13-14(26)21-12-11(20-13)22-32-23-12;1-2-10(11,12)9-5-3-8(7-13)4-6-9/h1-4,10H,5-7H2,(H,27,28)(H,21,23,26);3-6H,2,7,13H2,1H3/t10-;/m1./s1. The monoisotopic (exact) mass is 691 g/mol. The van der Waals surface area contributed by atoms with Crippen molar-refractivity contribution >= 4 is 44.8 Å². The molecule has 1 atom stereocenters. The molecule has 0 saturated carbocycles. The lowest BCUT2D eigenvalue weighted by Crippen LogP contribution is -2.59. The topological polar surface area (TPSA) is 185 Å². The van der Waals surface area contributed by atoms with Gasteiger partial charge in [-0.2, -0.15) is 13.1 Å². The number of hydrogen-bond donors (Lipinski definition) is 3. The lowest BCUT2D eigenvalue weighted by atomic mass is 10.0. The summed E-state index contributed by atoms with van der Waals surface area (Å²) in [4.78, 5) is 31.7. The van der Waals surface area contributed by atoms with Crippen molar-refractivity contribution in [2.24, 2.45) is 5.73 Å². The van der Waals surface area contributed by atoms with Crippen molar-refractivity contribution in [3.63, 3.8) is 0 Å². The number of nitrogens with one attached hydrogen (secondary N) is 1. The van der Waals surface area contributed by atoms with Crippen LogP contribution in [-0.2, 0) is 27.3 Å². The predicted molar refractivity (Wildman–Crippen MR) is 155 cm³/mol. The van der Waals surface area contributed by atoms with Crippen LogP contribution < -0.4 is 20.9 Å². The molecule has 20 heteroatoms. The largest absolute Gasteiger partial charge is 0.573 e. The quantitative estimate of drug-likeness (QED) is 0.231. The lowest BCUT2D eigenvalue weighted by molar-refractivity contribution is -0.274. The van der Waals surface area contributed by atoms with E-state index >= 15 is 0 Å². The number of H-pyrrole nitrogens is 1. The van der Waals surface area contributed by atoms with Crippen molar-refractivity contribution in [3.05, 3.63) is 70.0 Å². The lowest BCUT2D eigenvalue weighted by Gasteiger charge is -2.38. The molecule has 0 spiro atoms. The predicted octanol–water partition coefficient (Wildman–Crippen LogP) is 3.28. The highest BCUT2D eigenvalue weighted by Gasteiger charge is 2.41. The van der Waals surface area contributed by atoms with Gasteiger partial charge in [0.25, 0.3) is 11.5 Å². The second-order valence-electron chi connectivity index (χ2n) is 9.72. The van der Waals surface area contributed by atoms with Crippen LogP contribution in [0.5, 0.6) is 5.75 Å². The van der Waals surface area contributed by atoms with Gasteiger partial charge < -0.3 is 20.5 Å². The second-order valence-corrected chi connectivity index (χ2v) is 12.1. The molecule has 248 valence electrons. The van der Waals surface area contributed by atoms with Gasteiger partial charge in [-0.1, -0.05) is 31.2 Å². The van der Waals surface area contributed by atoms with Gasteiger partial charge in [0.2, 0.25) is 15.7 Å². The van der Waals surface area contributed by atoms with Crippen molar-refractivity contribution in [1.29, 1.82) is 0 Å². The number of halogens is 5. The average Bonchev–Trinajstić information content (AvgIpc) is 3.47. The molecule has 46 heavy (non-hydrogen) atoms. The number of carboxylic acids is 1. The molecule has 4 aromatic rings. The summed E-state index contributed by atoms with van der Waals surface area (Å²) in [6.07, 6.45) is -5.12. The number of fused-ring (bicyclic) bond motifs is 1. The number of rotatable bonds is 8. The summed E-state index contributed by atoms with van der Waals surface area (Å²) in [6, 6.07) is 7.95. The first-order valence-electron chi connectivity index (χ1n) is 13.3. The van der Waals surface area contributed by atoms with Gasteiger partial charge in [0.05, 0.1) is 16.6 Å². The van der Waals surface area contributed by atoms with Crippen LogP contribution in [0.2, 0.25) is 0 Å². The summed E-state index contributed by atoms with van der Waals surface area (Å²) in [7, 11) is -4.40. The number of piperazine rings is 1. The number of aromatic nitrogens is 4. The number of nitrogens with two attached hydrogens (primary N) is 1. The molecule has 4 N–H and O–H groups in total. The van der Waals surface area contributed by atoms with E-state index in [4.69, 9.17) is 5.73 Å². The highest BCUT2D eigenvalue weighted by molar-refractivity contribution is 7.89. The zero-order valence-electron chi connectivity index (χ0n) is 23.7. The number of aromatic amines is 1. The third-order valence-electron chi connectivity index (χ3n) is 6.75. The number of alkyl halides is 5. The van der Waals surface area contributed by atoms with Crippen molar-refractivity contribution in [2.45, 2.75) is 43.1 Å². The van der Waals surface area contributed by atoms with Gasteiger partial charge in [-0.25, -0.2) is 22.2 Å². The Kier molecular flexibility index (Phi) is 10.2. The Labute approximate surface area is 261 Å². The molecule has 0 radical (unpaired) electrons. The maximum absolute atomic E-state index is 13.1. The van der Waals surface area contributed by atoms with Crippen LogP contribution in [0.3, 0.4) is 0 Å². The molecule has 0 unspecified atom stereocenters. The number of ether oxygens (including phenoxy) is 1. The van der Waals surface area contributed by atoms with E-state index in [-0.39, 0.29) is 42.2 Å². The number of nitrogens with zero attached hydrogens (tertiary/aromatic N) is 5. The van der Waals surface area contributed by atoms with E-state index in [9.17, 15) is 45.1 Å². The van der Waals surface area contributed by atoms with Gasteiger partial charge in [0, 0.05) is 38.2 Å². The van der Waals surface area contributed by atoms with Crippen LogP contribution in [0.15, 0.2) is 58.2 Å². The molecule has 0 amide bonds. The molecule has 3 heterocycles. The number of aliphatic carboxylic acids is 1.